The largest absolute Gasteiger partial charge is 0.408 e. The molecule has 1 saturated carbocycles. The third kappa shape index (κ3) is 4.58. The van der Waals surface area contributed by atoms with Crippen molar-refractivity contribution >= 4 is 17.5 Å². The number of alkyl halides is 3. The molecule has 0 amide bonds. The van der Waals surface area contributed by atoms with Gasteiger partial charge in [-0.2, -0.15) is 13.2 Å². The zero-order valence-electron chi connectivity index (χ0n) is 12.5. The minimum atomic E-state index is -4.34. The Morgan fingerprint density at radius 3 is 2.74 bits per heavy atom. The van der Waals surface area contributed by atoms with Crippen LogP contribution >= 0.6 is 11.8 Å². The number of tetrazole rings is 1. The van der Waals surface area contributed by atoms with E-state index in [0.29, 0.717) is 11.7 Å². The van der Waals surface area contributed by atoms with Crippen LogP contribution in [-0.2, 0) is 11.4 Å². The minimum absolute atomic E-state index is 0.118. The van der Waals surface area contributed by atoms with Crippen LogP contribution in [0.3, 0.4) is 0 Å². The summed E-state index contributed by atoms with van der Waals surface area (Å²) in [5, 5.41) is 14.7. The molecule has 0 saturated heterocycles. The Balaban J connectivity index is 1.48. The van der Waals surface area contributed by atoms with Gasteiger partial charge in [-0.25, -0.2) is 4.68 Å². The molecule has 1 aromatic rings. The van der Waals surface area contributed by atoms with Crippen molar-refractivity contribution in [1.82, 2.24) is 20.2 Å². The average molecular weight is 349 g/mol. The van der Waals surface area contributed by atoms with Gasteiger partial charge in [0.25, 0.3) is 0 Å². The maximum absolute atomic E-state index is 12.4. The molecule has 0 spiro atoms. The quantitative estimate of drug-likeness (QED) is 0.765. The molecule has 2 aliphatic rings. The van der Waals surface area contributed by atoms with Crippen molar-refractivity contribution < 1.29 is 18.0 Å². The van der Waals surface area contributed by atoms with Crippen LogP contribution in [0.25, 0.3) is 0 Å². The molecule has 1 atom stereocenters. The second-order valence-electron chi connectivity index (χ2n) is 5.89. The minimum Gasteiger partial charge on any atom is -0.391 e. The van der Waals surface area contributed by atoms with E-state index in [4.69, 9.17) is 4.84 Å². The molecule has 6 nitrogen and oxygen atoms in total. The number of nitrogens with zero attached hydrogens (tertiary/aromatic N) is 5. The first-order chi connectivity index (χ1) is 11.0. The summed E-state index contributed by atoms with van der Waals surface area (Å²) in [5.41, 5.74) is 1.10. The van der Waals surface area contributed by atoms with E-state index in [1.807, 2.05) is 0 Å². The van der Waals surface area contributed by atoms with Gasteiger partial charge in [0.15, 0.2) is 0 Å². The smallest absolute Gasteiger partial charge is 0.391 e. The Morgan fingerprint density at radius 1 is 1.22 bits per heavy atom. The molecule has 1 fully saturated rings. The molecule has 1 aliphatic carbocycles. The zero-order valence-corrected chi connectivity index (χ0v) is 13.3. The van der Waals surface area contributed by atoms with E-state index in [0.717, 1.165) is 29.7 Å². The van der Waals surface area contributed by atoms with Crippen molar-refractivity contribution in [1.29, 1.82) is 0 Å². The summed E-state index contributed by atoms with van der Waals surface area (Å²) in [6.45, 7) is -1.18. The fourth-order valence-electron chi connectivity index (χ4n) is 2.95. The van der Waals surface area contributed by atoms with Gasteiger partial charge < -0.3 is 4.84 Å². The van der Waals surface area contributed by atoms with E-state index in [2.05, 4.69) is 20.7 Å². The third-order valence-corrected chi connectivity index (χ3v) is 5.15. The van der Waals surface area contributed by atoms with Gasteiger partial charge >= 0.3 is 6.18 Å². The van der Waals surface area contributed by atoms with Gasteiger partial charge in [-0.3, -0.25) is 0 Å². The van der Waals surface area contributed by atoms with Gasteiger partial charge in [-0.1, -0.05) is 36.2 Å². The summed E-state index contributed by atoms with van der Waals surface area (Å²) < 4.78 is 38.1. The van der Waals surface area contributed by atoms with Crippen molar-refractivity contribution in [3.63, 3.8) is 0 Å². The first kappa shape index (κ1) is 16.5. The summed E-state index contributed by atoms with van der Waals surface area (Å²) in [7, 11) is 0. The third-order valence-electron chi connectivity index (χ3n) is 4.06. The van der Waals surface area contributed by atoms with E-state index in [9.17, 15) is 13.2 Å². The molecular weight excluding hydrogens is 331 g/mol. The van der Waals surface area contributed by atoms with Crippen molar-refractivity contribution in [2.45, 2.75) is 62.5 Å². The molecule has 0 N–H and O–H groups in total. The topological polar surface area (TPSA) is 65.2 Å². The highest BCUT2D eigenvalue weighted by molar-refractivity contribution is 7.99. The predicted molar refractivity (Wildman–Crippen MR) is 78.1 cm³/mol. The molecule has 0 aromatic carbocycles. The Labute approximate surface area is 135 Å². The van der Waals surface area contributed by atoms with Crippen LogP contribution in [0.4, 0.5) is 13.2 Å². The van der Waals surface area contributed by atoms with Crippen LogP contribution in [0.1, 0.15) is 38.5 Å². The lowest BCUT2D eigenvalue weighted by Gasteiger charge is -2.20. The standard InChI is InChI=1S/C13H18F3N5OS/c14-13(15,16)8-21-12(17-19-20-21)23-7-10-6-11(18-22-10)9-4-2-1-3-5-9/h9-10H,1-8H2. The number of thioether (sulfide) groups is 1. The van der Waals surface area contributed by atoms with Gasteiger partial charge in [-0.15, -0.1) is 5.10 Å². The monoisotopic (exact) mass is 349 g/mol. The number of oxime groups is 1. The average Bonchev–Trinajstić information content (AvgIpc) is 3.14. The van der Waals surface area contributed by atoms with Gasteiger partial charge in [0, 0.05) is 18.1 Å². The van der Waals surface area contributed by atoms with Crippen molar-refractivity contribution in [3.8, 4) is 0 Å². The highest BCUT2D eigenvalue weighted by Gasteiger charge is 2.31. The van der Waals surface area contributed by atoms with Gasteiger partial charge in [0.1, 0.15) is 12.6 Å². The van der Waals surface area contributed by atoms with Gasteiger partial charge in [-0.05, 0) is 23.3 Å². The van der Waals surface area contributed by atoms with Crippen molar-refractivity contribution in [2.75, 3.05) is 5.75 Å². The number of hydrogen-bond acceptors (Lipinski definition) is 6. The highest BCUT2D eigenvalue weighted by Crippen LogP contribution is 2.31. The lowest BCUT2D eigenvalue weighted by atomic mass is 9.84. The van der Waals surface area contributed by atoms with Crippen molar-refractivity contribution in [3.05, 3.63) is 0 Å². The van der Waals surface area contributed by atoms with Crippen LogP contribution in [0.15, 0.2) is 10.3 Å². The molecule has 23 heavy (non-hydrogen) atoms. The van der Waals surface area contributed by atoms with Crippen LogP contribution < -0.4 is 0 Å². The fourth-order valence-corrected chi connectivity index (χ4v) is 3.81. The van der Waals surface area contributed by atoms with E-state index < -0.39 is 12.7 Å². The molecule has 0 radical (unpaired) electrons. The number of rotatable bonds is 5. The first-order valence-electron chi connectivity index (χ1n) is 7.69. The molecule has 3 rings (SSSR count). The molecule has 2 heterocycles. The zero-order chi connectivity index (χ0) is 16.3. The van der Waals surface area contributed by atoms with E-state index in [-0.39, 0.29) is 11.3 Å². The first-order valence-corrected chi connectivity index (χ1v) is 8.68. The number of halogens is 3. The van der Waals surface area contributed by atoms with Gasteiger partial charge in [0.05, 0.1) is 5.71 Å². The number of aromatic nitrogens is 4. The predicted octanol–water partition coefficient (Wildman–Crippen LogP) is 3.05. The van der Waals surface area contributed by atoms with Crippen LogP contribution in [0, 0.1) is 5.92 Å². The molecule has 128 valence electrons. The maximum Gasteiger partial charge on any atom is 0.408 e. The molecule has 1 unspecified atom stereocenters. The Kier molecular flexibility index (Phi) is 5.08. The van der Waals surface area contributed by atoms with E-state index >= 15 is 0 Å². The Bertz CT molecular complexity index is 556. The summed E-state index contributed by atoms with van der Waals surface area (Å²) in [5.74, 6) is 0.993. The second-order valence-corrected chi connectivity index (χ2v) is 6.88. The molecule has 1 aromatic heterocycles. The summed E-state index contributed by atoms with van der Waals surface area (Å²) in [4.78, 5) is 5.42. The number of hydrogen-bond donors (Lipinski definition) is 0. The summed E-state index contributed by atoms with van der Waals surface area (Å²) in [6.07, 6.45) is 2.35. The van der Waals surface area contributed by atoms with Crippen LogP contribution in [0.2, 0.25) is 0 Å². The van der Waals surface area contributed by atoms with Crippen molar-refractivity contribution in [2.24, 2.45) is 11.1 Å². The lowest BCUT2D eigenvalue weighted by Crippen LogP contribution is -2.21. The molecule has 0 bridgehead atoms. The Hall–Kier alpha value is -1.32. The highest BCUT2D eigenvalue weighted by atomic mass is 32.2. The Morgan fingerprint density at radius 2 is 2.00 bits per heavy atom. The van der Waals surface area contributed by atoms with E-state index in [1.165, 1.54) is 31.0 Å². The maximum atomic E-state index is 12.4. The van der Waals surface area contributed by atoms with E-state index in [1.54, 1.807) is 0 Å². The molecular formula is C13H18F3N5OS. The summed E-state index contributed by atoms with van der Waals surface area (Å²) in [6, 6.07) is 0. The van der Waals surface area contributed by atoms with Gasteiger partial charge in [0.2, 0.25) is 5.16 Å². The van der Waals surface area contributed by atoms with Crippen LogP contribution in [-0.4, -0.2) is 44.0 Å². The summed E-state index contributed by atoms with van der Waals surface area (Å²) >= 11 is 1.17. The normalized spacial score (nSPS) is 22.9. The molecule has 10 heteroatoms. The van der Waals surface area contributed by atoms with Crippen LogP contribution in [0.5, 0.6) is 0 Å². The fraction of sp³-hybridized carbons (Fsp3) is 0.846. The SMILES string of the molecule is FC(F)(F)Cn1nnnc1SCC1CC(C2CCCCC2)=NO1. The second kappa shape index (κ2) is 7.06. The lowest BCUT2D eigenvalue weighted by molar-refractivity contribution is -0.144. The molecule has 1 aliphatic heterocycles.